The fraction of sp³-hybridized carbons (Fsp3) is 0.286. The molecular weight excluding hydrogens is 262 g/mol. The second kappa shape index (κ2) is 5.15. The zero-order valence-corrected chi connectivity index (χ0v) is 11.1. The van der Waals surface area contributed by atoms with Crippen molar-refractivity contribution in [3.63, 3.8) is 0 Å². The molecule has 0 spiro atoms. The molecule has 3 rings (SSSR count). The number of rotatable bonds is 2. The molecule has 2 aromatic rings. The normalized spacial score (nSPS) is 18.7. The summed E-state index contributed by atoms with van der Waals surface area (Å²) in [5.74, 6) is -0.104. The van der Waals surface area contributed by atoms with Crippen LogP contribution in [0, 0.1) is 5.92 Å². The summed E-state index contributed by atoms with van der Waals surface area (Å²) < 4.78 is 1.19. The standard InChI is InChI=1S/C14H14ClN3O/c15-18(14(19)11-5-6-16-8-11)12-7-10-3-1-2-4-13(10)17-9-12/h1-4,7,9,11,16H,5-6,8H2/t11-/m0/s1. The molecule has 5 heteroatoms. The van der Waals surface area contributed by atoms with E-state index in [-0.39, 0.29) is 11.8 Å². The van der Waals surface area contributed by atoms with E-state index in [4.69, 9.17) is 11.8 Å². The summed E-state index contributed by atoms with van der Waals surface area (Å²) in [6, 6.07) is 9.64. The third kappa shape index (κ3) is 2.41. The number of benzene rings is 1. The Morgan fingerprint density at radius 1 is 1.42 bits per heavy atom. The number of amides is 1. The Hall–Kier alpha value is -1.65. The Morgan fingerprint density at radius 3 is 3.05 bits per heavy atom. The predicted octanol–water partition coefficient (Wildman–Crippen LogP) is 2.33. The van der Waals surface area contributed by atoms with Gasteiger partial charge in [0.25, 0.3) is 0 Å². The first kappa shape index (κ1) is 12.4. The first-order chi connectivity index (χ1) is 9.25. The summed E-state index contributed by atoms with van der Waals surface area (Å²) in [5, 5.41) is 4.14. The van der Waals surface area contributed by atoms with E-state index in [1.807, 2.05) is 30.3 Å². The van der Waals surface area contributed by atoms with Gasteiger partial charge in [-0.3, -0.25) is 9.78 Å². The van der Waals surface area contributed by atoms with Crippen LogP contribution in [0.2, 0.25) is 0 Å². The van der Waals surface area contributed by atoms with Gasteiger partial charge in [0.05, 0.1) is 23.3 Å². The predicted molar refractivity (Wildman–Crippen MR) is 76.1 cm³/mol. The van der Waals surface area contributed by atoms with Crippen LogP contribution in [0.3, 0.4) is 0 Å². The van der Waals surface area contributed by atoms with E-state index < -0.39 is 0 Å². The van der Waals surface area contributed by atoms with E-state index in [9.17, 15) is 4.79 Å². The molecule has 0 bridgehead atoms. The van der Waals surface area contributed by atoms with Crippen molar-refractivity contribution >= 4 is 34.3 Å². The van der Waals surface area contributed by atoms with Gasteiger partial charge in [-0.25, -0.2) is 4.42 Å². The van der Waals surface area contributed by atoms with Gasteiger partial charge in [0.1, 0.15) is 0 Å². The summed E-state index contributed by atoms with van der Waals surface area (Å²) in [4.78, 5) is 16.5. The van der Waals surface area contributed by atoms with Gasteiger partial charge in [-0.1, -0.05) is 18.2 Å². The van der Waals surface area contributed by atoms with Crippen LogP contribution >= 0.6 is 11.8 Å². The van der Waals surface area contributed by atoms with Crippen molar-refractivity contribution in [1.29, 1.82) is 0 Å². The lowest BCUT2D eigenvalue weighted by Crippen LogP contribution is -2.30. The molecule has 4 nitrogen and oxygen atoms in total. The van der Waals surface area contributed by atoms with Crippen LogP contribution in [0.1, 0.15) is 6.42 Å². The van der Waals surface area contributed by atoms with Crippen LogP contribution in [0.15, 0.2) is 36.5 Å². The summed E-state index contributed by atoms with van der Waals surface area (Å²) in [7, 11) is 0. The van der Waals surface area contributed by atoms with Crippen LogP contribution in [0.5, 0.6) is 0 Å². The number of halogens is 1. The Bertz CT molecular complexity index is 610. The minimum atomic E-state index is -0.0660. The zero-order chi connectivity index (χ0) is 13.2. The van der Waals surface area contributed by atoms with E-state index >= 15 is 0 Å². The number of hydrogen-bond donors (Lipinski definition) is 1. The molecular formula is C14H14ClN3O. The Labute approximate surface area is 116 Å². The van der Waals surface area contributed by atoms with Gasteiger partial charge in [0, 0.05) is 23.7 Å². The molecule has 1 amide bonds. The van der Waals surface area contributed by atoms with Crippen molar-refractivity contribution in [3.8, 4) is 0 Å². The van der Waals surface area contributed by atoms with Gasteiger partial charge < -0.3 is 5.32 Å². The first-order valence-corrected chi connectivity index (χ1v) is 6.65. The van der Waals surface area contributed by atoms with Crippen molar-refractivity contribution in [2.45, 2.75) is 6.42 Å². The molecule has 1 atom stereocenters. The van der Waals surface area contributed by atoms with Crippen molar-refractivity contribution < 1.29 is 4.79 Å². The second-order valence-corrected chi connectivity index (χ2v) is 5.03. The smallest absolute Gasteiger partial charge is 0.246 e. The number of anilines is 1. The molecule has 1 aliphatic rings. The molecule has 1 saturated heterocycles. The molecule has 0 aliphatic carbocycles. The summed E-state index contributed by atoms with van der Waals surface area (Å²) in [5.41, 5.74) is 1.52. The molecule has 0 unspecified atom stereocenters. The second-order valence-electron chi connectivity index (χ2n) is 4.70. The van der Waals surface area contributed by atoms with E-state index in [0.717, 1.165) is 23.9 Å². The van der Waals surface area contributed by atoms with E-state index in [0.29, 0.717) is 12.2 Å². The number of aromatic nitrogens is 1. The first-order valence-electron chi connectivity index (χ1n) is 6.31. The van der Waals surface area contributed by atoms with Gasteiger partial charge in [-0.2, -0.15) is 0 Å². The highest BCUT2D eigenvalue weighted by atomic mass is 35.5. The Kier molecular flexibility index (Phi) is 3.36. The SMILES string of the molecule is O=C([C@H]1CCNC1)N(Cl)c1cnc2ccccc2c1. The van der Waals surface area contributed by atoms with Gasteiger partial charge in [-0.15, -0.1) is 0 Å². The third-order valence-electron chi connectivity index (χ3n) is 3.41. The third-order valence-corrected chi connectivity index (χ3v) is 3.77. The number of para-hydroxylation sites is 1. The largest absolute Gasteiger partial charge is 0.316 e. The number of carbonyl (C=O) groups is 1. The topological polar surface area (TPSA) is 45.2 Å². The number of carbonyl (C=O) groups excluding carboxylic acids is 1. The minimum Gasteiger partial charge on any atom is -0.316 e. The average Bonchev–Trinajstić information content (AvgIpc) is 2.99. The Balaban J connectivity index is 1.88. The molecule has 0 saturated carbocycles. The summed E-state index contributed by atoms with van der Waals surface area (Å²) >= 11 is 6.15. The fourth-order valence-corrected chi connectivity index (χ4v) is 2.55. The molecule has 19 heavy (non-hydrogen) atoms. The summed E-state index contributed by atoms with van der Waals surface area (Å²) in [6.45, 7) is 1.57. The molecule has 0 radical (unpaired) electrons. The van der Waals surface area contributed by atoms with E-state index in [2.05, 4.69) is 10.3 Å². The van der Waals surface area contributed by atoms with Gasteiger partial charge in [-0.05, 0) is 25.1 Å². The lowest BCUT2D eigenvalue weighted by molar-refractivity contribution is -0.120. The fourth-order valence-electron chi connectivity index (χ4n) is 2.32. The van der Waals surface area contributed by atoms with E-state index in [1.165, 1.54) is 4.42 Å². The van der Waals surface area contributed by atoms with Gasteiger partial charge >= 0.3 is 0 Å². The number of hydrogen-bond acceptors (Lipinski definition) is 3. The minimum absolute atomic E-state index is 0.0380. The highest BCUT2D eigenvalue weighted by molar-refractivity contribution is 6.37. The molecule has 1 N–H and O–H groups in total. The molecule has 1 aromatic heterocycles. The number of pyridine rings is 1. The van der Waals surface area contributed by atoms with Crippen molar-refractivity contribution in [2.75, 3.05) is 17.5 Å². The lowest BCUT2D eigenvalue weighted by Gasteiger charge is -2.17. The van der Waals surface area contributed by atoms with Crippen LogP contribution in [0.25, 0.3) is 10.9 Å². The van der Waals surface area contributed by atoms with Crippen LogP contribution in [0.4, 0.5) is 5.69 Å². The zero-order valence-electron chi connectivity index (χ0n) is 10.3. The van der Waals surface area contributed by atoms with Crippen LogP contribution < -0.4 is 9.74 Å². The molecule has 2 heterocycles. The van der Waals surface area contributed by atoms with Gasteiger partial charge in [0.15, 0.2) is 0 Å². The highest BCUT2D eigenvalue weighted by Crippen LogP contribution is 2.24. The van der Waals surface area contributed by atoms with Crippen LogP contribution in [-0.2, 0) is 4.79 Å². The molecule has 98 valence electrons. The molecule has 1 aliphatic heterocycles. The van der Waals surface area contributed by atoms with Crippen molar-refractivity contribution in [2.24, 2.45) is 5.92 Å². The maximum atomic E-state index is 12.2. The van der Waals surface area contributed by atoms with Crippen LogP contribution in [-0.4, -0.2) is 24.0 Å². The number of nitrogens with zero attached hydrogens (tertiary/aromatic N) is 2. The monoisotopic (exact) mass is 275 g/mol. The maximum Gasteiger partial charge on any atom is 0.246 e. The van der Waals surface area contributed by atoms with Gasteiger partial charge in [0.2, 0.25) is 5.91 Å². The number of fused-ring (bicyclic) bond motifs is 1. The maximum absolute atomic E-state index is 12.2. The quantitative estimate of drug-likeness (QED) is 0.856. The highest BCUT2D eigenvalue weighted by Gasteiger charge is 2.27. The summed E-state index contributed by atoms with van der Waals surface area (Å²) in [6.07, 6.45) is 2.47. The molecule has 1 fully saturated rings. The van der Waals surface area contributed by atoms with Crippen molar-refractivity contribution in [3.05, 3.63) is 36.5 Å². The number of nitrogens with one attached hydrogen (secondary N) is 1. The van der Waals surface area contributed by atoms with E-state index in [1.54, 1.807) is 6.20 Å². The Morgan fingerprint density at radius 2 is 2.26 bits per heavy atom. The average molecular weight is 276 g/mol. The van der Waals surface area contributed by atoms with Crippen molar-refractivity contribution in [1.82, 2.24) is 10.3 Å². The molecule has 1 aromatic carbocycles. The lowest BCUT2D eigenvalue weighted by atomic mass is 10.1.